The van der Waals surface area contributed by atoms with Gasteiger partial charge >= 0.3 is 0 Å². The van der Waals surface area contributed by atoms with E-state index in [0.717, 1.165) is 19.4 Å². The van der Waals surface area contributed by atoms with Crippen LogP contribution >= 0.6 is 0 Å². The normalized spacial score (nSPS) is 12.3. The molecule has 2 nitrogen and oxygen atoms in total. The SMILES string of the molecule is CCCCCCCC[C@H](C#N)NCc1c2ccccc2cc2ccccc12. The number of unbranched alkanes of at least 4 members (excludes halogenated alkanes) is 5. The van der Waals surface area contributed by atoms with Crippen molar-refractivity contribution in [3.05, 3.63) is 60.2 Å². The van der Waals surface area contributed by atoms with Crippen LogP contribution in [0.1, 0.15) is 57.4 Å². The molecular formula is C25H30N2. The minimum absolute atomic E-state index is 0.0751. The predicted octanol–water partition coefficient (Wildman–Crippen LogP) is 6.73. The Morgan fingerprint density at radius 2 is 1.44 bits per heavy atom. The first-order valence-corrected chi connectivity index (χ1v) is 10.4. The summed E-state index contributed by atoms with van der Waals surface area (Å²) in [5.41, 5.74) is 1.30. The highest BCUT2D eigenvalue weighted by Crippen LogP contribution is 2.28. The van der Waals surface area contributed by atoms with Gasteiger partial charge in [-0.05, 0) is 39.6 Å². The smallest absolute Gasteiger partial charge is 0.0955 e. The summed E-state index contributed by atoms with van der Waals surface area (Å²) in [6.45, 7) is 2.97. The summed E-state index contributed by atoms with van der Waals surface area (Å²) in [7, 11) is 0. The van der Waals surface area contributed by atoms with Crippen LogP contribution in [0.15, 0.2) is 54.6 Å². The molecule has 3 aromatic rings. The van der Waals surface area contributed by atoms with Crippen LogP contribution in [0.3, 0.4) is 0 Å². The van der Waals surface area contributed by atoms with E-state index in [1.54, 1.807) is 0 Å². The van der Waals surface area contributed by atoms with E-state index in [-0.39, 0.29) is 6.04 Å². The molecule has 0 aliphatic carbocycles. The molecule has 0 heterocycles. The standard InChI is InChI=1S/C25H30N2/c1-2-3-4-5-6-7-14-22(18-26)27-19-25-23-15-10-8-12-20(23)17-21-13-9-11-16-24(21)25/h8-13,15-17,22,27H,2-7,14,19H2,1H3/t22-/m1/s1. The van der Waals surface area contributed by atoms with Crippen LogP contribution in [0.4, 0.5) is 0 Å². The summed E-state index contributed by atoms with van der Waals surface area (Å²) in [4.78, 5) is 0. The van der Waals surface area contributed by atoms with E-state index in [4.69, 9.17) is 0 Å². The van der Waals surface area contributed by atoms with Crippen molar-refractivity contribution in [2.75, 3.05) is 0 Å². The summed E-state index contributed by atoms with van der Waals surface area (Å²) in [6, 6.07) is 21.7. The minimum atomic E-state index is -0.0751. The Labute approximate surface area is 163 Å². The predicted molar refractivity (Wildman–Crippen MR) is 116 cm³/mol. The number of nitriles is 1. The maximum absolute atomic E-state index is 9.56. The zero-order chi connectivity index (χ0) is 18.9. The summed E-state index contributed by atoms with van der Waals surface area (Å²) >= 11 is 0. The first-order chi connectivity index (χ1) is 13.3. The van der Waals surface area contributed by atoms with Gasteiger partial charge in [0.05, 0.1) is 12.1 Å². The summed E-state index contributed by atoms with van der Waals surface area (Å²) in [5, 5.41) is 18.1. The molecule has 0 radical (unpaired) electrons. The third kappa shape index (κ3) is 5.08. The van der Waals surface area contributed by atoms with Gasteiger partial charge in [0.15, 0.2) is 0 Å². The number of nitrogens with one attached hydrogen (secondary N) is 1. The number of benzene rings is 3. The molecule has 0 fully saturated rings. The van der Waals surface area contributed by atoms with Gasteiger partial charge in [-0.2, -0.15) is 5.26 Å². The number of fused-ring (bicyclic) bond motifs is 2. The highest BCUT2D eigenvalue weighted by atomic mass is 14.9. The van der Waals surface area contributed by atoms with E-state index in [0.29, 0.717) is 0 Å². The Morgan fingerprint density at radius 1 is 0.852 bits per heavy atom. The molecule has 1 N–H and O–H groups in total. The molecule has 27 heavy (non-hydrogen) atoms. The lowest BCUT2D eigenvalue weighted by Gasteiger charge is -2.15. The second-order valence-electron chi connectivity index (χ2n) is 7.42. The second kappa shape index (κ2) is 10.1. The number of nitrogens with zero attached hydrogens (tertiary/aromatic N) is 1. The van der Waals surface area contributed by atoms with E-state index in [9.17, 15) is 5.26 Å². The van der Waals surface area contributed by atoms with E-state index in [1.165, 1.54) is 59.2 Å². The average Bonchev–Trinajstić information content (AvgIpc) is 2.71. The first-order valence-electron chi connectivity index (χ1n) is 10.4. The van der Waals surface area contributed by atoms with E-state index >= 15 is 0 Å². The third-order valence-corrected chi connectivity index (χ3v) is 5.41. The van der Waals surface area contributed by atoms with Crippen LogP contribution in [0, 0.1) is 11.3 Å². The van der Waals surface area contributed by atoms with Gasteiger partial charge < -0.3 is 0 Å². The molecule has 140 valence electrons. The zero-order valence-corrected chi connectivity index (χ0v) is 16.4. The molecule has 0 bridgehead atoms. The van der Waals surface area contributed by atoms with Gasteiger partial charge in [0.25, 0.3) is 0 Å². The Bertz CT molecular complexity index is 853. The van der Waals surface area contributed by atoms with E-state index < -0.39 is 0 Å². The fourth-order valence-electron chi connectivity index (χ4n) is 3.86. The van der Waals surface area contributed by atoms with Crippen molar-refractivity contribution in [2.24, 2.45) is 0 Å². The molecule has 0 aromatic heterocycles. The molecule has 3 aromatic carbocycles. The molecule has 0 amide bonds. The van der Waals surface area contributed by atoms with Crippen LogP contribution in [-0.2, 0) is 6.54 Å². The molecule has 2 heteroatoms. The average molecular weight is 359 g/mol. The Hall–Kier alpha value is -2.37. The largest absolute Gasteiger partial charge is 0.298 e. The summed E-state index contributed by atoms with van der Waals surface area (Å²) in [5.74, 6) is 0. The molecular weight excluding hydrogens is 328 g/mol. The van der Waals surface area contributed by atoms with Gasteiger partial charge in [-0.3, -0.25) is 5.32 Å². The molecule has 0 unspecified atom stereocenters. The quantitative estimate of drug-likeness (QED) is 0.322. The van der Waals surface area contributed by atoms with Crippen molar-refractivity contribution in [2.45, 2.75) is 64.5 Å². The molecule has 0 spiro atoms. The minimum Gasteiger partial charge on any atom is -0.298 e. The van der Waals surface area contributed by atoms with Crippen LogP contribution in [0.25, 0.3) is 21.5 Å². The first kappa shape index (κ1) is 19.4. The highest BCUT2D eigenvalue weighted by Gasteiger charge is 2.11. The van der Waals surface area contributed by atoms with Gasteiger partial charge in [0.2, 0.25) is 0 Å². The van der Waals surface area contributed by atoms with Gasteiger partial charge in [-0.25, -0.2) is 0 Å². The molecule has 0 aliphatic rings. The van der Waals surface area contributed by atoms with Crippen LogP contribution in [-0.4, -0.2) is 6.04 Å². The molecule has 0 aliphatic heterocycles. The number of hydrogen-bond acceptors (Lipinski definition) is 2. The van der Waals surface area contributed by atoms with Crippen LogP contribution < -0.4 is 5.32 Å². The highest BCUT2D eigenvalue weighted by molar-refractivity contribution is 6.02. The van der Waals surface area contributed by atoms with Gasteiger partial charge in [-0.1, -0.05) is 94.0 Å². The molecule has 0 saturated carbocycles. The molecule has 1 atom stereocenters. The van der Waals surface area contributed by atoms with Crippen LogP contribution in [0.2, 0.25) is 0 Å². The maximum Gasteiger partial charge on any atom is 0.0955 e. The lowest BCUT2D eigenvalue weighted by atomic mass is 9.96. The fraction of sp³-hybridized carbons (Fsp3) is 0.400. The van der Waals surface area contributed by atoms with E-state index in [2.05, 4.69) is 72.9 Å². The van der Waals surface area contributed by atoms with E-state index in [1.807, 2.05) is 0 Å². The Kier molecular flexibility index (Phi) is 7.25. The molecule has 0 saturated heterocycles. The summed E-state index contributed by atoms with van der Waals surface area (Å²) < 4.78 is 0. The van der Waals surface area contributed by atoms with Gasteiger partial charge in [0.1, 0.15) is 0 Å². The third-order valence-electron chi connectivity index (χ3n) is 5.41. The van der Waals surface area contributed by atoms with Crippen molar-refractivity contribution in [3.63, 3.8) is 0 Å². The van der Waals surface area contributed by atoms with Crippen molar-refractivity contribution in [1.29, 1.82) is 5.26 Å². The fourth-order valence-corrected chi connectivity index (χ4v) is 3.86. The van der Waals surface area contributed by atoms with Crippen molar-refractivity contribution < 1.29 is 0 Å². The van der Waals surface area contributed by atoms with Crippen molar-refractivity contribution >= 4 is 21.5 Å². The molecule has 3 rings (SSSR count). The van der Waals surface area contributed by atoms with Gasteiger partial charge in [-0.15, -0.1) is 0 Å². The lowest BCUT2D eigenvalue weighted by molar-refractivity contribution is 0.516. The zero-order valence-electron chi connectivity index (χ0n) is 16.4. The Balaban J connectivity index is 1.69. The maximum atomic E-state index is 9.56. The second-order valence-corrected chi connectivity index (χ2v) is 7.42. The van der Waals surface area contributed by atoms with Crippen molar-refractivity contribution in [3.8, 4) is 6.07 Å². The number of hydrogen-bond donors (Lipinski definition) is 1. The topological polar surface area (TPSA) is 35.8 Å². The van der Waals surface area contributed by atoms with Crippen molar-refractivity contribution in [1.82, 2.24) is 5.32 Å². The van der Waals surface area contributed by atoms with Crippen LogP contribution in [0.5, 0.6) is 0 Å². The monoisotopic (exact) mass is 358 g/mol. The Morgan fingerprint density at radius 3 is 2.07 bits per heavy atom. The lowest BCUT2D eigenvalue weighted by Crippen LogP contribution is -2.27. The number of rotatable bonds is 10. The summed E-state index contributed by atoms with van der Waals surface area (Å²) in [6.07, 6.45) is 8.52. The van der Waals surface area contributed by atoms with Gasteiger partial charge in [0, 0.05) is 6.54 Å².